The molecule has 1 N–H and O–H groups in total. The third kappa shape index (κ3) is 2.10. The summed E-state index contributed by atoms with van der Waals surface area (Å²) < 4.78 is 4.82. The van der Waals surface area contributed by atoms with E-state index >= 15 is 0 Å². The Kier molecular flexibility index (Phi) is 3.60. The van der Waals surface area contributed by atoms with Crippen LogP contribution in [0.4, 0.5) is 0 Å². The summed E-state index contributed by atoms with van der Waals surface area (Å²) in [6.45, 7) is 0. The Morgan fingerprint density at radius 3 is 2.79 bits per heavy atom. The molecule has 0 atom stereocenters. The van der Waals surface area contributed by atoms with Crippen LogP contribution in [0.1, 0.15) is 10.5 Å². The molecule has 1 aromatic heterocycles. The molecule has 1 heterocycles. The molecule has 0 aliphatic carbocycles. The van der Waals surface area contributed by atoms with Crippen LogP contribution in [-0.4, -0.2) is 29.4 Å². The number of carboxylic acid groups (broad SMARTS) is 1. The van der Waals surface area contributed by atoms with E-state index in [2.05, 4.69) is 4.98 Å². The zero-order valence-corrected chi connectivity index (χ0v) is 9.15. The molecular weight excluding hydrogens is 226 g/mol. The summed E-state index contributed by atoms with van der Waals surface area (Å²) in [6, 6.07) is 1.53. The van der Waals surface area contributed by atoms with Crippen molar-refractivity contribution >= 4 is 29.3 Å². The van der Waals surface area contributed by atoms with E-state index in [0.29, 0.717) is 9.92 Å². The summed E-state index contributed by atoms with van der Waals surface area (Å²) in [7, 11) is 1.39. The first-order valence-electron chi connectivity index (χ1n) is 3.62. The van der Waals surface area contributed by atoms with E-state index in [1.165, 1.54) is 24.9 Å². The second-order valence-corrected chi connectivity index (χ2v) is 3.59. The predicted octanol–water partition coefficient (Wildman–Crippen LogP) is 2.16. The fourth-order valence-electron chi connectivity index (χ4n) is 0.907. The molecule has 1 rings (SSSR count). The number of pyridine rings is 1. The Labute approximate surface area is 90.2 Å². The molecular formula is C8H8ClNO3S. The Balaban J connectivity index is 3.32. The van der Waals surface area contributed by atoms with Gasteiger partial charge in [0.2, 0.25) is 5.88 Å². The van der Waals surface area contributed by atoms with Crippen molar-refractivity contribution in [2.45, 2.75) is 4.90 Å². The van der Waals surface area contributed by atoms with Gasteiger partial charge in [-0.3, -0.25) is 0 Å². The number of thioether (sulfide) groups is 1. The predicted molar refractivity (Wildman–Crippen MR) is 54.5 cm³/mol. The van der Waals surface area contributed by atoms with Gasteiger partial charge >= 0.3 is 5.97 Å². The van der Waals surface area contributed by atoms with Crippen molar-refractivity contribution in [1.82, 2.24) is 4.98 Å². The molecule has 0 saturated heterocycles. The van der Waals surface area contributed by atoms with E-state index in [0.717, 1.165) is 0 Å². The number of rotatable bonds is 3. The fourth-order valence-corrected chi connectivity index (χ4v) is 1.76. The standard InChI is InChI=1S/C8H8ClNO3S/c1-13-7-4(9)3-5(14-2)6(10-7)8(11)12/h3H,1-2H3,(H,11,12). The van der Waals surface area contributed by atoms with Crippen molar-refractivity contribution in [3.63, 3.8) is 0 Å². The summed E-state index contributed by atoms with van der Waals surface area (Å²) in [4.78, 5) is 15.1. The molecule has 1 aromatic rings. The van der Waals surface area contributed by atoms with Crippen LogP contribution in [0, 0.1) is 0 Å². The van der Waals surface area contributed by atoms with Gasteiger partial charge in [0.15, 0.2) is 5.69 Å². The van der Waals surface area contributed by atoms with Crippen molar-refractivity contribution < 1.29 is 14.6 Å². The topological polar surface area (TPSA) is 59.4 Å². The molecule has 6 heteroatoms. The van der Waals surface area contributed by atoms with Gasteiger partial charge in [-0.15, -0.1) is 11.8 Å². The van der Waals surface area contributed by atoms with Crippen LogP contribution in [0.2, 0.25) is 5.02 Å². The highest BCUT2D eigenvalue weighted by atomic mass is 35.5. The first-order valence-corrected chi connectivity index (χ1v) is 5.22. The largest absolute Gasteiger partial charge is 0.480 e. The molecule has 0 radical (unpaired) electrons. The van der Waals surface area contributed by atoms with Crippen molar-refractivity contribution in [3.05, 3.63) is 16.8 Å². The molecule has 0 fully saturated rings. The number of halogens is 1. The molecule has 0 amide bonds. The van der Waals surface area contributed by atoms with Crippen molar-refractivity contribution in [2.75, 3.05) is 13.4 Å². The normalized spacial score (nSPS) is 9.93. The van der Waals surface area contributed by atoms with Crippen LogP contribution in [0.15, 0.2) is 11.0 Å². The van der Waals surface area contributed by atoms with E-state index in [4.69, 9.17) is 21.4 Å². The van der Waals surface area contributed by atoms with Gasteiger partial charge in [0.25, 0.3) is 0 Å². The minimum atomic E-state index is -1.09. The van der Waals surface area contributed by atoms with Crippen LogP contribution < -0.4 is 4.74 Å². The molecule has 4 nitrogen and oxygen atoms in total. The van der Waals surface area contributed by atoms with E-state index in [1.807, 2.05) is 0 Å². The van der Waals surface area contributed by atoms with Crippen LogP contribution in [0.3, 0.4) is 0 Å². The SMILES string of the molecule is COc1nc(C(=O)O)c(SC)cc1Cl. The van der Waals surface area contributed by atoms with Crippen molar-refractivity contribution in [3.8, 4) is 5.88 Å². The summed E-state index contributed by atoms with van der Waals surface area (Å²) >= 11 is 7.06. The van der Waals surface area contributed by atoms with Gasteiger partial charge in [-0.25, -0.2) is 9.78 Å². The first-order chi connectivity index (χ1) is 6.60. The maximum Gasteiger partial charge on any atom is 0.355 e. The number of carboxylic acids is 1. The van der Waals surface area contributed by atoms with E-state index in [9.17, 15) is 4.79 Å². The lowest BCUT2D eigenvalue weighted by atomic mass is 10.3. The Bertz CT molecular complexity index is 370. The van der Waals surface area contributed by atoms with E-state index in [1.54, 1.807) is 6.26 Å². The monoisotopic (exact) mass is 233 g/mol. The summed E-state index contributed by atoms with van der Waals surface area (Å²) in [5.41, 5.74) is -0.0428. The summed E-state index contributed by atoms with van der Waals surface area (Å²) in [6.07, 6.45) is 1.76. The third-order valence-corrected chi connectivity index (χ3v) is 2.55. The van der Waals surface area contributed by atoms with Gasteiger partial charge in [-0.1, -0.05) is 11.6 Å². The molecule has 0 aliphatic rings. The summed E-state index contributed by atoms with van der Waals surface area (Å²) in [5.74, 6) is -0.966. The van der Waals surface area contributed by atoms with Gasteiger partial charge in [-0.05, 0) is 12.3 Å². The Morgan fingerprint density at radius 2 is 2.36 bits per heavy atom. The van der Waals surface area contributed by atoms with Gasteiger partial charge in [0.1, 0.15) is 5.02 Å². The number of nitrogens with zero attached hydrogens (tertiary/aromatic N) is 1. The fraction of sp³-hybridized carbons (Fsp3) is 0.250. The molecule has 76 valence electrons. The lowest BCUT2D eigenvalue weighted by Crippen LogP contribution is -2.04. The molecule has 0 unspecified atom stereocenters. The minimum Gasteiger partial charge on any atom is -0.480 e. The van der Waals surface area contributed by atoms with Crippen LogP contribution in [0.5, 0.6) is 5.88 Å². The smallest absolute Gasteiger partial charge is 0.355 e. The second-order valence-electron chi connectivity index (χ2n) is 2.34. The van der Waals surface area contributed by atoms with E-state index < -0.39 is 5.97 Å². The molecule has 14 heavy (non-hydrogen) atoms. The Hall–Kier alpha value is -0.940. The van der Waals surface area contributed by atoms with Gasteiger partial charge in [-0.2, -0.15) is 0 Å². The molecule has 0 spiro atoms. The zero-order chi connectivity index (χ0) is 10.7. The zero-order valence-electron chi connectivity index (χ0n) is 7.57. The number of hydrogen-bond donors (Lipinski definition) is 1. The number of aromatic nitrogens is 1. The molecule has 0 bridgehead atoms. The average Bonchev–Trinajstić information content (AvgIpc) is 2.16. The van der Waals surface area contributed by atoms with Crippen molar-refractivity contribution in [1.29, 1.82) is 0 Å². The second kappa shape index (κ2) is 4.52. The van der Waals surface area contributed by atoms with Gasteiger partial charge in [0.05, 0.1) is 7.11 Å². The quantitative estimate of drug-likeness (QED) is 0.811. The lowest BCUT2D eigenvalue weighted by Gasteiger charge is -2.06. The number of hydrogen-bond acceptors (Lipinski definition) is 4. The maximum atomic E-state index is 10.8. The third-order valence-electron chi connectivity index (χ3n) is 1.52. The van der Waals surface area contributed by atoms with Gasteiger partial charge < -0.3 is 9.84 Å². The highest BCUT2D eigenvalue weighted by molar-refractivity contribution is 7.98. The van der Waals surface area contributed by atoms with Crippen LogP contribution in [0.25, 0.3) is 0 Å². The highest BCUT2D eigenvalue weighted by Gasteiger charge is 2.15. The molecule has 0 saturated carbocycles. The Morgan fingerprint density at radius 1 is 1.71 bits per heavy atom. The maximum absolute atomic E-state index is 10.8. The van der Waals surface area contributed by atoms with Crippen LogP contribution in [-0.2, 0) is 0 Å². The number of methoxy groups -OCH3 is 1. The molecule has 0 aliphatic heterocycles. The summed E-state index contributed by atoms with van der Waals surface area (Å²) in [5, 5.41) is 9.14. The first kappa shape index (κ1) is 11.1. The van der Waals surface area contributed by atoms with Crippen LogP contribution >= 0.6 is 23.4 Å². The number of carbonyl (C=O) groups is 1. The number of ether oxygens (including phenoxy) is 1. The lowest BCUT2D eigenvalue weighted by molar-refractivity contribution is 0.0685. The number of aromatic carboxylic acids is 1. The van der Waals surface area contributed by atoms with Crippen molar-refractivity contribution in [2.24, 2.45) is 0 Å². The molecule has 0 aromatic carbocycles. The average molecular weight is 234 g/mol. The minimum absolute atomic E-state index is 0.0428. The highest BCUT2D eigenvalue weighted by Crippen LogP contribution is 2.29. The van der Waals surface area contributed by atoms with E-state index in [-0.39, 0.29) is 11.6 Å². The van der Waals surface area contributed by atoms with Gasteiger partial charge in [0, 0.05) is 4.90 Å².